The zero-order valence-corrected chi connectivity index (χ0v) is 15.1. The van der Waals surface area contributed by atoms with Crippen molar-refractivity contribution in [2.45, 2.75) is 49.3 Å². The van der Waals surface area contributed by atoms with Gasteiger partial charge in [0.2, 0.25) is 21.8 Å². The van der Waals surface area contributed by atoms with Crippen molar-refractivity contribution >= 4 is 27.5 Å². The smallest absolute Gasteiger partial charge is 0.240 e. The molecule has 0 spiro atoms. The van der Waals surface area contributed by atoms with Crippen molar-refractivity contribution in [1.29, 1.82) is 0 Å². The zero-order chi connectivity index (χ0) is 18.5. The Morgan fingerprint density at radius 3 is 2.85 bits per heavy atom. The summed E-state index contributed by atoms with van der Waals surface area (Å²) in [5, 5.41) is 5.53. The molecule has 0 bridgehead atoms. The second kappa shape index (κ2) is 6.33. The molecular formula is C17H21N3O5S. The maximum atomic E-state index is 12.9. The molecule has 9 heteroatoms. The van der Waals surface area contributed by atoms with E-state index in [0.29, 0.717) is 25.1 Å². The normalized spacial score (nSPS) is 30.0. The number of rotatable bonds is 4. The van der Waals surface area contributed by atoms with Gasteiger partial charge in [0.05, 0.1) is 23.1 Å². The molecule has 1 saturated heterocycles. The number of hydrogen-bond donors (Lipinski definition) is 3. The summed E-state index contributed by atoms with van der Waals surface area (Å²) in [5.74, 6) is -0.206. The van der Waals surface area contributed by atoms with Crippen LogP contribution in [0.5, 0.6) is 0 Å². The number of anilines is 1. The molecule has 2 amide bonds. The Hall–Kier alpha value is -1.97. The van der Waals surface area contributed by atoms with E-state index in [1.807, 2.05) is 0 Å². The monoisotopic (exact) mass is 379 g/mol. The summed E-state index contributed by atoms with van der Waals surface area (Å²) in [4.78, 5) is 23.0. The number of nitrogens with one attached hydrogen (secondary N) is 3. The third kappa shape index (κ3) is 3.00. The molecule has 1 aromatic rings. The number of aryl methyl sites for hydroxylation is 1. The predicted octanol–water partition coefficient (Wildman–Crippen LogP) is 0.142. The minimum atomic E-state index is -3.74. The second-order valence-corrected chi connectivity index (χ2v) is 8.74. The molecule has 1 saturated carbocycles. The number of fused-ring (bicyclic) bond motifs is 2. The van der Waals surface area contributed by atoms with Gasteiger partial charge < -0.3 is 15.4 Å². The molecule has 4 atom stereocenters. The molecular weight excluding hydrogens is 358 g/mol. The van der Waals surface area contributed by atoms with Crippen LogP contribution in [-0.2, 0) is 30.8 Å². The van der Waals surface area contributed by atoms with Crippen LogP contribution in [0, 0.1) is 5.92 Å². The molecule has 2 heterocycles. The Kier molecular flexibility index (Phi) is 4.25. The number of benzene rings is 1. The quantitative estimate of drug-likeness (QED) is 0.689. The number of carbonyl (C=O) groups excluding carboxylic acids is 2. The number of sulfonamides is 1. The first-order valence-electron chi connectivity index (χ1n) is 8.69. The SMILES string of the molecule is CC(=O)N[C@@H]1[C@@H](NS(=O)(=O)c2ccc3c(c2)CCC(=O)N3)[C@H]2CCO[C@H]21. The molecule has 3 aliphatic rings. The van der Waals surface area contributed by atoms with Crippen LogP contribution in [0.2, 0.25) is 0 Å². The van der Waals surface area contributed by atoms with E-state index < -0.39 is 10.0 Å². The summed E-state index contributed by atoms with van der Waals surface area (Å²) in [5.41, 5.74) is 1.46. The number of amides is 2. The van der Waals surface area contributed by atoms with Crippen LogP contribution in [0.1, 0.15) is 25.3 Å². The molecule has 0 aromatic heterocycles. The Bertz CT molecular complexity index is 869. The van der Waals surface area contributed by atoms with Gasteiger partial charge in [0.15, 0.2) is 0 Å². The Morgan fingerprint density at radius 2 is 2.08 bits per heavy atom. The van der Waals surface area contributed by atoms with Gasteiger partial charge in [-0.1, -0.05) is 0 Å². The first-order valence-corrected chi connectivity index (χ1v) is 10.2. The van der Waals surface area contributed by atoms with Crippen LogP contribution >= 0.6 is 0 Å². The third-order valence-corrected chi connectivity index (χ3v) is 6.79. The van der Waals surface area contributed by atoms with Gasteiger partial charge in [0, 0.05) is 31.6 Å². The summed E-state index contributed by atoms with van der Waals surface area (Å²) in [6.45, 7) is 1.98. The van der Waals surface area contributed by atoms with E-state index in [4.69, 9.17) is 4.74 Å². The van der Waals surface area contributed by atoms with Gasteiger partial charge in [-0.25, -0.2) is 13.1 Å². The Balaban J connectivity index is 1.55. The van der Waals surface area contributed by atoms with Crippen molar-refractivity contribution < 1.29 is 22.7 Å². The largest absolute Gasteiger partial charge is 0.376 e. The van der Waals surface area contributed by atoms with E-state index in [-0.39, 0.29) is 40.8 Å². The lowest BCUT2D eigenvalue weighted by Gasteiger charge is -2.47. The average molecular weight is 379 g/mol. The fourth-order valence-corrected chi connectivity index (χ4v) is 5.41. The molecule has 8 nitrogen and oxygen atoms in total. The molecule has 3 N–H and O–H groups in total. The predicted molar refractivity (Wildman–Crippen MR) is 93.0 cm³/mol. The van der Waals surface area contributed by atoms with Crippen molar-refractivity contribution in [2.24, 2.45) is 5.92 Å². The van der Waals surface area contributed by atoms with E-state index in [0.717, 1.165) is 12.0 Å². The summed E-state index contributed by atoms with van der Waals surface area (Å²) < 4.78 is 34.1. The lowest BCUT2D eigenvalue weighted by molar-refractivity contribution is -0.123. The maximum Gasteiger partial charge on any atom is 0.240 e. The van der Waals surface area contributed by atoms with Crippen molar-refractivity contribution in [3.8, 4) is 0 Å². The molecule has 1 aliphatic carbocycles. The average Bonchev–Trinajstić information content (AvgIpc) is 3.02. The molecule has 0 radical (unpaired) electrons. The zero-order valence-electron chi connectivity index (χ0n) is 14.3. The van der Waals surface area contributed by atoms with Crippen LogP contribution in [0.3, 0.4) is 0 Å². The topological polar surface area (TPSA) is 114 Å². The van der Waals surface area contributed by atoms with Crippen molar-refractivity contribution in [3.63, 3.8) is 0 Å². The molecule has 2 fully saturated rings. The molecule has 140 valence electrons. The highest BCUT2D eigenvalue weighted by Gasteiger charge is 2.55. The molecule has 26 heavy (non-hydrogen) atoms. The molecule has 4 rings (SSSR count). The fourth-order valence-electron chi connectivity index (χ4n) is 4.05. The third-order valence-electron chi connectivity index (χ3n) is 5.33. The highest BCUT2D eigenvalue weighted by molar-refractivity contribution is 7.89. The number of hydrogen-bond acceptors (Lipinski definition) is 5. The van der Waals surface area contributed by atoms with Gasteiger partial charge in [-0.2, -0.15) is 0 Å². The summed E-state index contributed by atoms with van der Waals surface area (Å²) in [6.07, 6.45) is 1.49. The van der Waals surface area contributed by atoms with E-state index in [9.17, 15) is 18.0 Å². The van der Waals surface area contributed by atoms with E-state index >= 15 is 0 Å². The molecule has 0 unspecified atom stereocenters. The van der Waals surface area contributed by atoms with E-state index in [1.54, 1.807) is 12.1 Å². The van der Waals surface area contributed by atoms with Gasteiger partial charge in [0.1, 0.15) is 0 Å². The first kappa shape index (κ1) is 17.4. The summed E-state index contributed by atoms with van der Waals surface area (Å²) >= 11 is 0. The Labute approximate surface area is 151 Å². The highest BCUT2D eigenvalue weighted by Crippen LogP contribution is 2.40. The van der Waals surface area contributed by atoms with Gasteiger partial charge in [-0.05, 0) is 36.6 Å². The fraction of sp³-hybridized carbons (Fsp3) is 0.529. The number of ether oxygens (including phenoxy) is 1. The minimum Gasteiger partial charge on any atom is -0.376 e. The summed E-state index contributed by atoms with van der Waals surface area (Å²) in [6, 6.07) is 3.97. The van der Waals surface area contributed by atoms with Gasteiger partial charge in [-0.3, -0.25) is 9.59 Å². The van der Waals surface area contributed by atoms with Crippen LogP contribution in [-0.4, -0.2) is 45.0 Å². The van der Waals surface area contributed by atoms with E-state index in [1.165, 1.54) is 13.0 Å². The minimum absolute atomic E-state index is 0.0638. The number of carbonyl (C=O) groups is 2. The van der Waals surface area contributed by atoms with Crippen molar-refractivity contribution in [3.05, 3.63) is 23.8 Å². The van der Waals surface area contributed by atoms with Crippen LogP contribution in [0.4, 0.5) is 5.69 Å². The first-order chi connectivity index (χ1) is 12.3. The van der Waals surface area contributed by atoms with Crippen LogP contribution < -0.4 is 15.4 Å². The lowest BCUT2D eigenvalue weighted by Crippen LogP contribution is -2.70. The van der Waals surface area contributed by atoms with Crippen LogP contribution in [0.25, 0.3) is 0 Å². The highest BCUT2D eigenvalue weighted by atomic mass is 32.2. The van der Waals surface area contributed by atoms with Crippen molar-refractivity contribution in [2.75, 3.05) is 11.9 Å². The summed E-state index contributed by atoms with van der Waals surface area (Å²) in [7, 11) is -3.74. The lowest BCUT2D eigenvalue weighted by atomic mass is 9.72. The van der Waals surface area contributed by atoms with Gasteiger partial charge in [0.25, 0.3) is 0 Å². The standard InChI is InChI=1S/C17H21N3O5S/c1-9(21)18-16-15(12-6-7-25-17(12)16)20-26(23,24)11-3-4-13-10(8-11)2-5-14(22)19-13/h3-4,8,12,15-17,20H,2,5-7H2,1H3,(H,18,21)(H,19,22)/t12-,15+,16-,17-/m1/s1. The maximum absolute atomic E-state index is 12.9. The molecule has 1 aromatic carbocycles. The second-order valence-electron chi connectivity index (χ2n) is 7.03. The van der Waals surface area contributed by atoms with Gasteiger partial charge in [-0.15, -0.1) is 0 Å². The van der Waals surface area contributed by atoms with Crippen molar-refractivity contribution in [1.82, 2.24) is 10.0 Å². The van der Waals surface area contributed by atoms with Gasteiger partial charge >= 0.3 is 0 Å². The Morgan fingerprint density at radius 1 is 1.27 bits per heavy atom. The van der Waals surface area contributed by atoms with E-state index in [2.05, 4.69) is 15.4 Å². The molecule has 2 aliphatic heterocycles. The van der Waals surface area contributed by atoms with Crippen LogP contribution in [0.15, 0.2) is 23.1 Å².